The van der Waals surface area contributed by atoms with Crippen molar-refractivity contribution in [1.82, 2.24) is 9.78 Å². The monoisotopic (exact) mass is 333 g/mol. The highest BCUT2D eigenvalue weighted by atomic mass is 19.4. The number of aromatic nitrogens is 2. The number of carbonyl (C=O) groups excluding carboxylic acids is 1. The lowest BCUT2D eigenvalue weighted by molar-refractivity contribution is -0.137. The Bertz CT molecular complexity index is 691. The molecule has 0 radical (unpaired) electrons. The van der Waals surface area contributed by atoms with Crippen LogP contribution < -0.4 is 5.32 Å². The Morgan fingerprint density at radius 3 is 2.35 bits per heavy atom. The number of amides is 1. The SMILES string of the molecule is Cn1nc(C(F)F)cc1NC(=O)Cc1ccc(C(F)(F)F)cc1. The Hall–Kier alpha value is -2.45. The van der Waals surface area contributed by atoms with Gasteiger partial charge in [0, 0.05) is 13.1 Å². The van der Waals surface area contributed by atoms with Gasteiger partial charge in [-0.1, -0.05) is 12.1 Å². The number of anilines is 1. The van der Waals surface area contributed by atoms with Gasteiger partial charge < -0.3 is 5.32 Å². The molecule has 0 aliphatic rings. The van der Waals surface area contributed by atoms with Gasteiger partial charge in [0.1, 0.15) is 11.5 Å². The molecule has 0 saturated heterocycles. The van der Waals surface area contributed by atoms with Gasteiger partial charge >= 0.3 is 6.18 Å². The first-order valence-corrected chi connectivity index (χ1v) is 6.45. The van der Waals surface area contributed by atoms with Crippen molar-refractivity contribution in [1.29, 1.82) is 0 Å². The maximum atomic E-state index is 12.5. The summed E-state index contributed by atoms with van der Waals surface area (Å²) in [5.41, 5.74) is -0.918. The van der Waals surface area contributed by atoms with Crippen LogP contribution in [0.4, 0.5) is 27.8 Å². The van der Waals surface area contributed by atoms with E-state index in [0.29, 0.717) is 5.56 Å². The topological polar surface area (TPSA) is 46.9 Å². The molecule has 0 unspecified atom stereocenters. The van der Waals surface area contributed by atoms with E-state index in [1.165, 1.54) is 19.2 Å². The molecule has 124 valence electrons. The minimum atomic E-state index is -4.44. The molecule has 2 rings (SSSR count). The van der Waals surface area contributed by atoms with Crippen LogP contribution in [-0.2, 0) is 24.4 Å². The summed E-state index contributed by atoms with van der Waals surface area (Å²) in [6, 6.07) is 5.17. The largest absolute Gasteiger partial charge is 0.416 e. The zero-order chi connectivity index (χ0) is 17.2. The number of nitrogens with zero attached hydrogens (tertiary/aromatic N) is 2. The quantitative estimate of drug-likeness (QED) is 0.870. The minimum absolute atomic E-state index is 0.0808. The number of carbonyl (C=O) groups is 1. The number of hydrogen-bond donors (Lipinski definition) is 1. The van der Waals surface area contributed by atoms with Crippen molar-refractivity contribution < 1.29 is 26.7 Å². The van der Waals surface area contributed by atoms with E-state index in [1.54, 1.807) is 0 Å². The summed E-state index contributed by atoms with van der Waals surface area (Å²) in [4.78, 5) is 11.8. The molecule has 0 atom stereocenters. The Labute approximate surface area is 127 Å². The number of aryl methyl sites for hydroxylation is 1. The fraction of sp³-hybridized carbons (Fsp3) is 0.286. The second-order valence-corrected chi connectivity index (χ2v) is 4.80. The molecule has 4 nitrogen and oxygen atoms in total. The molecular formula is C14H12F5N3O. The minimum Gasteiger partial charge on any atom is -0.311 e. The van der Waals surface area contributed by atoms with Crippen molar-refractivity contribution in [3.05, 3.63) is 47.2 Å². The van der Waals surface area contributed by atoms with Crippen LogP contribution in [0.15, 0.2) is 30.3 Å². The summed E-state index contributed by atoms with van der Waals surface area (Å²) in [5, 5.41) is 5.92. The molecule has 0 bridgehead atoms. The van der Waals surface area contributed by atoms with Crippen LogP contribution in [0.25, 0.3) is 0 Å². The van der Waals surface area contributed by atoms with E-state index in [2.05, 4.69) is 10.4 Å². The van der Waals surface area contributed by atoms with E-state index >= 15 is 0 Å². The first-order chi connectivity index (χ1) is 10.7. The molecule has 1 aromatic heterocycles. The van der Waals surface area contributed by atoms with Gasteiger partial charge in [0.15, 0.2) is 0 Å². The maximum absolute atomic E-state index is 12.5. The molecule has 9 heteroatoms. The van der Waals surface area contributed by atoms with Crippen LogP contribution in [0.1, 0.15) is 23.2 Å². The summed E-state index contributed by atoms with van der Waals surface area (Å²) in [7, 11) is 1.39. The summed E-state index contributed by atoms with van der Waals surface area (Å²) in [6.07, 6.45) is -7.39. The average molecular weight is 333 g/mol. The number of halogens is 5. The fourth-order valence-corrected chi connectivity index (χ4v) is 1.90. The van der Waals surface area contributed by atoms with Crippen LogP contribution in [0.5, 0.6) is 0 Å². The van der Waals surface area contributed by atoms with Gasteiger partial charge in [-0.15, -0.1) is 0 Å². The molecule has 2 aromatic rings. The molecule has 23 heavy (non-hydrogen) atoms. The molecule has 1 heterocycles. The fourth-order valence-electron chi connectivity index (χ4n) is 1.90. The Morgan fingerprint density at radius 1 is 1.26 bits per heavy atom. The van der Waals surface area contributed by atoms with E-state index in [-0.39, 0.29) is 12.2 Å². The molecule has 1 N–H and O–H groups in total. The third-order valence-corrected chi connectivity index (χ3v) is 3.04. The van der Waals surface area contributed by atoms with Gasteiger partial charge in [0.05, 0.1) is 12.0 Å². The molecule has 1 aromatic carbocycles. The van der Waals surface area contributed by atoms with Crippen molar-refractivity contribution in [3.63, 3.8) is 0 Å². The third-order valence-electron chi connectivity index (χ3n) is 3.04. The molecule has 0 saturated carbocycles. The Kier molecular flexibility index (Phi) is 4.67. The zero-order valence-electron chi connectivity index (χ0n) is 11.9. The highest BCUT2D eigenvalue weighted by molar-refractivity contribution is 5.91. The van der Waals surface area contributed by atoms with E-state index in [4.69, 9.17) is 0 Å². The Balaban J connectivity index is 2.02. The van der Waals surface area contributed by atoms with Crippen LogP contribution >= 0.6 is 0 Å². The third kappa shape index (κ3) is 4.27. The van der Waals surface area contributed by atoms with E-state index in [1.807, 2.05) is 0 Å². The first kappa shape index (κ1) is 16.9. The van der Waals surface area contributed by atoms with Gasteiger partial charge in [-0.2, -0.15) is 18.3 Å². The summed E-state index contributed by atoms with van der Waals surface area (Å²) >= 11 is 0. The molecular weight excluding hydrogens is 321 g/mol. The summed E-state index contributed by atoms with van der Waals surface area (Å²) in [5.74, 6) is -0.467. The first-order valence-electron chi connectivity index (χ1n) is 6.45. The van der Waals surface area contributed by atoms with Crippen molar-refractivity contribution >= 4 is 11.7 Å². The Morgan fingerprint density at radius 2 is 1.87 bits per heavy atom. The highest BCUT2D eigenvalue weighted by Crippen LogP contribution is 2.29. The lowest BCUT2D eigenvalue weighted by atomic mass is 10.1. The number of alkyl halides is 5. The van der Waals surface area contributed by atoms with Gasteiger partial charge in [-0.3, -0.25) is 9.48 Å². The number of hydrogen-bond acceptors (Lipinski definition) is 2. The maximum Gasteiger partial charge on any atom is 0.416 e. The second kappa shape index (κ2) is 6.35. The normalized spacial score (nSPS) is 11.8. The number of rotatable bonds is 4. The smallest absolute Gasteiger partial charge is 0.311 e. The van der Waals surface area contributed by atoms with Crippen molar-refractivity contribution in [2.24, 2.45) is 7.05 Å². The van der Waals surface area contributed by atoms with E-state index < -0.39 is 29.8 Å². The lowest BCUT2D eigenvalue weighted by Crippen LogP contribution is -2.16. The van der Waals surface area contributed by atoms with Crippen LogP contribution in [0, 0.1) is 0 Å². The molecule has 1 amide bonds. The molecule has 0 aliphatic carbocycles. The predicted octanol–water partition coefficient (Wildman–Crippen LogP) is 3.56. The lowest BCUT2D eigenvalue weighted by Gasteiger charge is -2.08. The van der Waals surface area contributed by atoms with Crippen LogP contribution in [-0.4, -0.2) is 15.7 Å². The zero-order valence-corrected chi connectivity index (χ0v) is 11.9. The van der Waals surface area contributed by atoms with Crippen molar-refractivity contribution in [3.8, 4) is 0 Å². The van der Waals surface area contributed by atoms with Crippen molar-refractivity contribution in [2.45, 2.75) is 19.0 Å². The number of nitrogens with one attached hydrogen (secondary N) is 1. The van der Waals surface area contributed by atoms with E-state index in [9.17, 15) is 26.7 Å². The van der Waals surface area contributed by atoms with Gasteiger partial charge in [-0.25, -0.2) is 8.78 Å². The van der Waals surface area contributed by atoms with Gasteiger partial charge in [0.2, 0.25) is 5.91 Å². The van der Waals surface area contributed by atoms with Crippen LogP contribution in [0.3, 0.4) is 0 Å². The summed E-state index contributed by atoms with van der Waals surface area (Å²) < 4.78 is 63.4. The molecule has 0 fully saturated rings. The summed E-state index contributed by atoms with van der Waals surface area (Å²) in [6.45, 7) is 0. The molecule has 0 spiro atoms. The number of benzene rings is 1. The van der Waals surface area contributed by atoms with Crippen LogP contribution in [0.2, 0.25) is 0 Å². The van der Waals surface area contributed by atoms with Crippen molar-refractivity contribution in [2.75, 3.05) is 5.32 Å². The van der Waals surface area contributed by atoms with Gasteiger partial charge in [0.25, 0.3) is 6.43 Å². The van der Waals surface area contributed by atoms with E-state index in [0.717, 1.165) is 22.9 Å². The average Bonchev–Trinajstić information content (AvgIpc) is 2.80. The highest BCUT2D eigenvalue weighted by Gasteiger charge is 2.30. The predicted molar refractivity (Wildman–Crippen MR) is 71.9 cm³/mol. The molecule has 0 aliphatic heterocycles. The van der Waals surface area contributed by atoms with Gasteiger partial charge in [-0.05, 0) is 17.7 Å². The standard InChI is InChI=1S/C14H12F5N3O/c1-22-11(7-10(21-22)13(15)16)20-12(23)6-8-2-4-9(5-3-8)14(17,18)19/h2-5,7,13H,6H2,1H3,(H,20,23). The second-order valence-electron chi connectivity index (χ2n) is 4.80.